The Balaban J connectivity index is 4.73. The van der Waals surface area contributed by atoms with E-state index in [0.717, 1.165) is 12.8 Å². The van der Waals surface area contributed by atoms with Crippen molar-refractivity contribution in [3.8, 4) is 0 Å². The number of allylic oxidation sites excluding steroid dienone is 5. The van der Waals surface area contributed by atoms with Crippen molar-refractivity contribution in [2.24, 2.45) is 5.41 Å². The molecule has 0 aliphatic rings. The van der Waals surface area contributed by atoms with E-state index >= 15 is 0 Å². The molecule has 4 heteroatoms. The van der Waals surface area contributed by atoms with Crippen LogP contribution in [0.2, 0.25) is 0 Å². The maximum Gasteiger partial charge on any atom is 0.333 e. The minimum atomic E-state index is -0.620. The number of esters is 2. The van der Waals surface area contributed by atoms with Crippen LogP contribution in [-0.2, 0) is 19.1 Å². The summed E-state index contributed by atoms with van der Waals surface area (Å²) in [5, 5.41) is 0. The van der Waals surface area contributed by atoms with Crippen LogP contribution in [0.25, 0.3) is 0 Å². The smallest absolute Gasteiger partial charge is 0.333 e. The standard InChI is InChI=1S/C20H32O4/c1-15(2)10-8-11-16(3)12-9-13-17(14-18(21)23-7)24-19(22)20(4,5)6/h10,12,14H,8-9,11,13H2,1-7H3. The third kappa shape index (κ3) is 10.8. The second-order valence-electron chi connectivity index (χ2n) is 7.18. The zero-order valence-electron chi connectivity index (χ0n) is 16.2. The molecule has 0 spiro atoms. The van der Waals surface area contributed by atoms with E-state index in [1.807, 2.05) is 0 Å². The molecule has 0 amide bonds. The first-order valence-electron chi connectivity index (χ1n) is 8.36. The lowest BCUT2D eigenvalue weighted by Crippen LogP contribution is -2.23. The fraction of sp³-hybridized carbons (Fsp3) is 0.600. The molecule has 0 fully saturated rings. The van der Waals surface area contributed by atoms with Gasteiger partial charge in [-0.1, -0.05) is 23.3 Å². The maximum absolute atomic E-state index is 12.0. The summed E-state index contributed by atoms with van der Waals surface area (Å²) in [7, 11) is 1.30. The molecule has 0 atom stereocenters. The SMILES string of the molecule is COC(=O)C=C(CCC=C(C)CCC=C(C)C)OC(=O)C(C)(C)C. The first-order valence-corrected chi connectivity index (χ1v) is 8.36. The van der Waals surface area contributed by atoms with Crippen molar-refractivity contribution in [3.63, 3.8) is 0 Å². The molecule has 0 heterocycles. The Bertz CT molecular complexity index is 512. The molecule has 136 valence electrons. The lowest BCUT2D eigenvalue weighted by molar-refractivity contribution is -0.148. The maximum atomic E-state index is 12.0. The molecule has 0 aromatic heterocycles. The first-order chi connectivity index (χ1) is 11.1. The van der Waals surface area contributed by atoms with Crippen molar-refractivity contribution in [3.05, 3.63) is 35.1 Å². The Morgan fingerprint density at radius 2 is 1.54 bits per heavy atom. The molecule has 0 aromatic carbocycles. The molecule has 0 saturated carbocycles. The summed E-state index contributed by atoms with van der Waals surface area (Å²) in [5.41, 5.74) is 1.98. The van der Waals surface area contributed by atoms with Crippen molar-refractivity contribution in [1.82, 2.24) is 0 Å². The Labute approximate surface area is 146 Å². The van der Waals surface area contributed by atoms with Gasteiger partial charge in [0.2, 0.25) is 0 Å². The van der Waals surface area contributed by atoms with E-state index in [0.29, 0.717) is 18.6 Å². The van der Waals surface area contributed by atoms with Crippen LogP contribution in [0.15, 0.2) is 35.1 Å². The highest BCUT2D eigenvalue weighted by Gasteiger charge is 2.24. The van der Waals surface area contributed by atoms with Gasteiger partial charge in [-0.3, -0.25) is 4.79 Å². The number of rotatable bonds is 8. The predicted molar refractivity (Wildman–Crippen MR) is 97.3 cm³/mol. The van der Waals surface area contributed by atoms with Crippen LogP contribution in [0.3, 0.4) is 0 Å². The van der Waals surface area contributed by atoms with Crippen LogP contribution in [0.1, 0.15) is 67.2 Å². The van der Waals surface area contributed by atoms with Crippen molar-refractivity contribution in [1.29, 1.82) is 0 Å². The quantitative estimate of drug-likeness (QED) is 0.268. The van der Waals surface area contributed by atoms with Gasteiger partial charge in [0, 0.05) is 6.42 Å². The number of carbonyl (C=O) groups is 2. The fourth-order valence-electron chi connectivity index (χ4n) is 1.77. The second-order valence-corrected chi connectivity index (χ2v) is 7.18. The highest BCUT2D eigenvalue weighted by atomic mass is 16.5. The third-order valence-corrected chi connectivity index (χ3v) is 3.29. The monoisotopic (exact) mass is 336 g/mol. The molecule has 0 unspecified atom stereocenters. The summed E-state index contributed by atoms with van der Waals surface area (Å²) in [4.78, 5) is 23.5. The minimum absolute atomic E-state index is 0.343. The van der Waals surface area contributed by atoms with Gasteiger partial charge in [-0.25, -0.2) is 4.79 Å². The average molecular weight is 336 g/mol. The van der Waals surface area contributed by atoms with E-state index in [9.17, 15) is 9.59 Å². The number of hydrogen-bond donors (Lipinski definition) is 0. The molecule has 24 heavy (non-hydrogen) atoms. The minimum Gasteiger partial charge on any atom is -0.466 e. The third-order valence-electron chi connectivity index (χ3n) is 3.29. The second kappa shape index (κ2) is 10.8. The molecule has 0 bridgehead atoms. The van der Waals surface area contributed by atoms with Gasteiger partial charge in [0.1, 0.15) is 5.76 Å². The van der Waals surface area contributed by atoms with Crippen molar-refractivity contribution < 1.29 is 19.1 Å². The summed E-state index contributed by atoms with van der Waals surface area (Å²) in [6.07, 6.45) is 8.80. The number of carbonyl (C=O) groups excluding carboxylic acids is 2. The fourth-order valence-corrected chi connectivity index (χ4v) is 1.77. The van der Waals surface area contributed by atoms with Gasteiger partial charge in [-0.2, -0.15) is 0 Å². The molecule has 0 aliphatic carbocycles. The number of hydrogen-bond acceptors (Lipinski definition) is 4. The first kappa shape index (κ1) is 22.2. The van der Waals surface area contributed by atoms with Gasteiger partial charge in [0.15, 0.2) is 0 Å². The van der Waals surface area contributed by atoms with Gasteiger partial charge in [-0.15, -0.1) is 0 Å². The van der Waals surface area contributed by atoms with Crippen LogP contribution in [-0.4, -0.2) is 19.0 Å². The van der Waals surface area contributed by atoms with Crippen molar-refractivity contribution >= 4 is 11.9 Å². The largest absolute Gasteiger partial charge is 0.466 e. The van der Waals surface area contributed by atoms with Gasteiger partial charge in [0.05, 0.1) is 18.6 Å². The summed E-state index contributed by atoms with van der Waals surface area (Å²) in [6.45, 7) is 11.6. The predicted octanol–water partition coefficient (Wildman–Crippen LogP) is 5.11. The highest BCUT2D eigenvalue weighted by molar-refractivity contribution is 5.83. The van der Waals surface area contributed by atoms with E-state index in [4.69, 9.17) is 4.74 Å². The summed E-state index contributed by atoms with van der Waals surface area (Å²) >= 11 is 0. The Morgan fingerprint density at radius 3 is 2.04 bits per heavy atom. The lowest BCUT2D eigenvalue weighted by Gasteiger charge is -2.17. The van der Waals surface area contributed by atoms with Gasteiger partial charge in [0.25, 0.3) is 0 Å². The lowest BCUT2D eigenvalue weighted by atomic mass is 9.97. The average Bonchev–Trinajstić information content (AvgIpc) is 2.45. The highest BCUT2D eigenvalue weighted by Crippen LogP contribution is 2.20. The molecule has 0 aromatic rings. The number of methoxy groups -OCH3 is 1. The Hall–Kier alpha value is -1.84. The molecule has 0 saturated heterocycles. The summed E-state index contributed by atoms with van der Waals surface area (Å²) < 4.78 is 9.99. The molecule has 0 rings (SSSR count). The van der Waals surface area contributed by atoms with E-state index in [1.54, 1.807) is 20.8 Å². The Kier molecular flexibility index (Phi) is 10.0. The molecular formula is C20H32O4. The van der Waals surface area contributed by atoms with Gasteiger partial charge >= 0.3 is 11.9 Å². The summed E-state index contributed by atoms with van der Waals surface area (Å²) in [6, 6.07) is 0. The van der Waals surface area contributed by atoms with Crippen molar-refractivity contribution in [2.45, 2.75) is 67.2 Å². The zero-order valence-corrected chi connectivity index (χ0v) is 16.2. The van der Waals surface area contributed by atoms with Crippen LogP contribution in [0.5, 0.6) is 0 Å². The van der Waals surface area contributed by atoms with Gasteiger partial charge in [-0.05, 0) is 60.8 Å². The molecule has 0 radical (unpaired) electrons. The van der Waals surface area contributed by atoms with Crippen LogP contribution in [0.4, 0.5) is 0 Å². The van der Waals surface area contributed by atoms with Crippen LogP contribution >= 0.6 is 0 Å². The van der Waals surface area contributed by atoms with Crippen LogP contribution < -0.4 is 0 Å². The topological polar surface area (TPSA) is 52.6 Å². The Morgan fingerprint density at radius 1 is 0.958 bits per heavy atom. The van der Waals surface area contributed by atoms with Crippen LogP contribution in [0, 0.1) is 5.41 Å². The summed E-state index contributed by atoms with van der Waals surface area (Å²) in [5.74, 6) is -0.534. The zero-order chi connectivity index (χ0) is 18.8. The van der Waals surface area contributed by atoms with Gasteiger partial charge < -0.3 is 9.47 Å². The van der Waals surface area contributed by atoms with E-state index in [1.165, 1.54) is 24.3 Å². The molecule has 0 aliphatic heterocycles. The molecular weight excluding hydrogens is 304 g/mol. The molecule has 0 N–H and O–H groups in total. The molecule has 4 nitrogen and oxygen atoms in total. The van der Waals surface area contributed by atoms with E-state index in [-0.39, 0.29) is 5.97 Å². The van der Waals surface area contributed by atoms with E-state index < -0.39 is 11.4 Å². The normalized spacial score (nSPS) is 12.6. The number of ether oxygens (including phenoxy) is 2. The van der Waals surface area contributed by atoms with Crippen molar-refractivity contribution in [2.75, 3.05) is 7.11 Å². The van der Waals surface area contributed by atoms with E-state index in [2.05, 4.69) is 37.7 Å².